The van der Waals surface area contributed by atoms with Crippen LogP contribution in [-0.2, 0) is 33.4 Å². The van der Waals surface area contributed by atoms with E-state index in [1.807, 2.05) is 0 Å². The van der Waals surface area contributed by atoms with E-state index in [-0.39, 0.29) is 28.7 Å². The van der Waals surface area contributed by atoms with Gasteiger partial charge in [0, 0.05) is 7.05 Å². The summed E-state index contributed by atoms with van der Waals surface area (Å²) in [5.74, 6) is -0.619. The average Bonchev–Trinajstić information content (AvgIpc) is 3.45. The number of fused-ring (bicyclic) bond motifs is 1. The van der Waals surface area contributed by atoms with E-state index in [0.29, 0.717) is 19.3 Å². The summed E-state index contributed by atoms with van der Waals surface area (Å²) >= 11 is 0. The fraction of sp³-hybridized carbons (Fsp3) is 0.556. The molecule has 2 aromatic heterocycles. The molecule has 0 spiro atoms. The summed E-state index contributed by atoms with van der Waals surface area (Å²) in [5, 5.41) is 26.5. The zero-order valence-electron chi connectivity index (χ0n) is 26.4. The minimum Gasteiger partial charge on any atom is -0.462 e. The molecule has 3 aromatic rings. The Morgan fingerprint density at radius 1 is 1.28 bits per heavy atom. The van der Waals surface area contributed by atoms with Crippen molar-refractivity contribution in [1.82, 2.24) is 29.4 Å². The SMILES string of the molecule is CC(C)OC(=O)C1(NP(=O)(OCC2OC(n3cnc4c(N(C)NS(C)(=O)=O)nc(N)nc43)[C@](C)(O)[C@@H]2O)Oc2ccccc2)CCC1. The molecular formula is C27H39N8O10PS. The van der Waals surface area contributed by atoms with E-state index in [1.54, 1.807) is 44.2 Å². The van der Waals surface area contributed by atoms with Crippen molar-refractivity contribution in [2.45, 2.75) is 75.7 Å². The third-order valence-electron chi connectivity index (χ3n) is 7.72. The molecule has 3 heterocycles. The molecule has 2 fully saturated rings. The summed E-state index contributed by atoms with van der Waals surface area (Å²) in [6, 6.07) is 8.21. The molecule has 0 radical (unpaired) electrons. The first-order valence-corrected chi connectivity index (χ1v) is 18.1. The van der Waals surface area contributed by atoms with Gasteiger partial charge in [0.15, 0.2) is 23.2 Å². The van der Waals surface area contributed by atoms with Crippen LogP contribution in [0, 0.1) is 0 Å². The Bertz CT molecular complexity index is 1770. The van der Waals surface area contributed by atoms with Crippen LogP contribution in [0.3, 0.4) is 0 Å². The Hall–Kier alpha value is -3.42. The highest BCUT2D eigenvalue weighted by Gasteiger charge is 2.56. The molecule has 6 N–H and O–H groups in total. The molecule has 1 aliphatic heterocycles. The van der Waals surface area contributed by atoms with Crippen LogP contribution in [0.2, 0.25) is 0 Å². The number of hydrazine groups is 1. The molecule has 5 rings (SSSR count). The minimum atomic E-state index is -4.35. The van der Waals surface area contributed by atoms with E-state index in [2.05, 4.69) is 24.9 Å². The van der Waals surface area contributed by atoms with Gasteiger partial charge in [0.1, 0.15) is 29.1 Å². The van der Waals surface area contributed by atoms with Gasteiger partial charge in [-0.2, -0.15) is 15.1 Å². The normalized spacial score (nSPS) is 25.3. The summed E-state index contributed by atoms with van der Waals surface area (Å²) in [4.78, 5) is 27.9. The molecule has 18 nitrogen and oxygen atoms in total. The third-order valence-corrected chi connectivity index (χ3v) is 9.96. The number of benzene rings is 1. The van der Waals surface area contributed by atoms with Gasteiger partial charge in [-0.3, -0.25) is 18.9 Å². The second-order valence-electron chi connectivity index (χ2n) is 12.0. The van der Waals surface area contributed by atoms with Crippen LogP contribution >= 0.6 is 7.75 Å². The number of hydrogen-bond donors (Lipinski definition) is 5. The number of hydrogen-bond acceptors (Lipinski definition) is 15. The molecule has 1 aliphatic carbocycles. The number of aliphatic hydroxyl groups excluding tert-OH is 1. The minimum absolute atomic E-state index is 0.0146. The van der Waals surface area contributed by atoms with Crippen molar-refractivity contribution in [1.29, 1.82) is 0 Å². The molecule has 2 aliphatic rings. The predicted octanol–water partition coefficient (Wildman–Crippen LogP) is 0.986. The lowest BCUT2D eigenvalue weighted by Crippen LogP contribution is -2.57. The number of ether oxygens (including phenoxy) is 2. The maximum atomic E-state index is 14.3. The Balaban J connectivity index is 1.41. The maximum absolute atomic E-state index is 14.3. The monoisotopic (exact) mass is 698 g/mol. The van der Waals surface area contributed by atoms with Crippen LogP contribution in [0.5, 0.6) is 5.75 Å². The molecule has 20 heteroatoms. The van der Waals surface area contributed by atoms with E-state index < -0.39 is 66.0 Å². The van der Waals surface area contributed by atoms with Crippen LogP contribution < -0.4 is 25.2 Å². The Labute approximate surface area is 271 Å². The van der Waals surface area contributed by atoms with E-state index >= 15 is 0 Å². The number of aromatic nitrogens is 4. The highest BCUT2D eigenvalue weighted by atomic mass is 32.2. The molecule has 1 aromatic carbocycles. The lowest BCUT2D eigenvalue weighted by atomic mass is 9.78. The number of nitrogens with one attached hydrogen (secondary N) is 2. The van der Waals surface area contributed by atoms with Crippen molar-refractivity contribution < 1.29 is 46.5 Å². The maximum Gasteiger partial charge on any atom is 0.459 e. The zero-order valence-corrected chi connectivity index (χ0v) is 28.1. The fourth-order valence-electron chi connectivity index (χ4n) is 5.35. The number of nitrogens with two attached hydrogens (primary N) is 1. The Morgan fingerprint density at radius 2 is 1.96 bits per heavy atom. The highest BCUT2D eigenvalue weighted by molar-refractivity contribution is 7.88. The first kappa shape index (κ1) is 34.9. The van der Waals surface area contributed by atoms with Crippen LogP contribution in [0.1, 0.15) is 46.3 Å². The van der Waals surface area contributed by atoms with Crippen LogP contribution in [-0.4, -0.2) is 93.5 Å². The smallest absolute Gasteiger partial charge is 0.459 e. The number of carbonyl (C=O) groups excluding carboxylic acids is 1. The number of anilines is 2. The second-order valence-corrected chi connectivity index (χ2v) is 15.4. The lowest BCUT2D eigenvalue weighted by Gasteiger charge is -2.41. The number of nitrogens with zero attached hydrogens (tertiary/aromatic N) is 5. The van der Waals surface area contributed by atoms with Gasteiger partial charge in [-0.05, 0) is 52.2 Å². The Morgan fingerprint density at radius 3 is 2.55 bits per heavy atom. The van der Waals surface area contributed by atoms with Gasteiger partial charge in [-0.15, -0.1) is 4.83 Å². The average molecular weight is 699 g/mol. The predicted molar refractivity (Wildman–Crippen MR) is 168 cm³/mol. The quantitative estimate of drug-likeness (QED) is 0.0949. The molecule has 0 bridgehead atoms. The van der Waals surface area contributed by atoms with Crippen LogP contribution in [0.4, 0.5) is 11.8 Å². The molecule has 3 unspecified atom stereocenters. The molecule has 1 saturated carbocycles. The van der Waals surface area contributed by atoms with Crippen molar-refractivity contribution in [2.24, 2.45) is 0 Å². The molecule has 0 amide bonds. The lowest BCUT2D eigenvalue weighted by molar-refractivity contribution is -0.158. The van der Waals surface area contributed by atoms with Crippen molar-refractivity contribution in [2.75, 3.05) is 30.7 Å². The topological polar surface area (TPSA) is 243 Å². The number of sulfonamides is 1. The third kappa shape index (κ3) is 7.36. The molecule has 258 valence electrons. The number of aliphatic hydroxyl groups is 2. The largest absolute Gasteiger partial charge is 0.462 e. The van der Waals surface area contributed by atoms with Gasteiger partial charge >= 0.3 is 13.7 Å². The first-order valence-electron chi connectivity index (χ1n) is 14.7. The fourth-order valence-corrected chi connectivity index (χ4v) is 7.68. The van der Waals surface area contributed by atoms with Crippen molar-refractivity contribution in [3.05, 3.63) is 36.7 Å². The van der Waals surface area contributed by atoms with Crippen molar-refractivity contribution >= 4 is 46.7 Å². The molecular weight excluding hydrogens is 659 g/mol. The first-order chi connectivity index (χ1) is 21.9. The molecule has 5 atom stereocenters. The number of nitrogen functional groups attached to an aromatic ring is 1. The van der Waals surface area contributed by atoms with Gasteiger partial charge in [0.05, 0.1) is 25.3 Å². The Kier molecular flexibility index (Phi) is 9.57. The summed E-state index contributed by atoms with van der Waals surface area (Å²) in [5.41, 5.74) is 2.79. The van der Waals surface area contributed by atoms with Crippen molar-refractivity contribution in [3.63, 3.8) is 0 Å². The number of para-hydroxylation sites is 1. The van der Waals surface area contributed by atoms with Gasteiger partial charge in [0.25, 0.3) is 0 Å². The summed E-state index contributed by atoms with van der Waals surface area (Å²) in [7, 11) is -6.65. The van der Waals surface area contributed by atoms with E-state index in [4.69, 9.17) is 24.3 Å². The van der Waals surface area contributed by atoms with Gasteiger partial charge in [-0.25, -0.2) is 18.0 Å². The van der Waals surface area contributed by atoms with Gasteiger partial charge in [-0.1, -0.05) is 18.2 Å². The number of carbonyl (C=O) groups is 1. The highest BCUT2D eigenvalue weighted by Crippen LogP contribution is 2.51. The van der Waals surface area contributed by atoms with Gasteiger partial charge < -0.3 is 29.9 Å². The summed E-state index contributed by atoms with van der Waals surface area (Å²) in [6.45, 7) is 4.19. The second kappa shape index (κ2) is 12.9. The number of rotatable bonds is 13. The molecule has 47 heavy (non-hydrogen) atoms. The van der Waals surface area contributed by atoms with E-state index in [9.17, 15) is 28.0 Å². The zero-order chi connectivity index (χ0) is 34.4. The van der Waals surface area contributed by atoms with E-state index in [1.165, 1.54) is 24.9 Å². The summed E-state index contributed by atoms with van der Waals surface area (Å²) in [6.07, 6.45) is -1.04. The van der Waals surface area contributed by atoms with Crippen LogP contribution in [0.25, 0.3) is 11.2 Å². The van der Waals surface area contributed by atoms with Crippen molar-refractivity contribution in [3.8, 4) is 5.75 Å². The number of imidazole rings is 1. The van der Waals surface area contributed by atoms with Gasteiger partial charge in [0.2, 0.25) is 16.0 Å². The molecule has 1 saturated heterocycles. The standard InChI is InChI=1S/C27H39N8O10PS/c1-16(2)43-24(37)27(12-9-13-27)32-46(39,45-17-10-7-6-8-11-17)42-14-18-20(36)26(3,38)23(44-18)35-15-29-19-21(30-25(28)31-22(19)35)34(4)33-47(5,40)41/h6-8,10-11,15-16,18,20,23,33,36,38H,9,12-14H2,1-5H3,(H,32,39)(H2,28,30,31)/t18?,20-,23?,26-,46?/m1/s1. The number of esters is 1. The van der Waals surface area contributed by atoms with E-state index in [0.717, 1.165) is 11.3 Å². The van der Waals surface area contributed by atoms with Crippen LogP contribution in [0.15, 0.2) is 36.7 Å². The summed E-state index contributed by atoms with van der Waals surface area (Å²) < 4.78 is 62.3.